The molecular weight excluding hydrogens is 258 g/mol. The summed E-state index contributed by atoms with van der Waals surface area (Å²) in [7, 11) is 1.29. The molecule has 1 atom stereocenters. The highest BCUT2D eigenvalue weighted by Gasteiger charge is 2.22. The third-order valence-electron chi connectivity index (χ3n) is 2.77. The molecule has 1 aromatic heterocycles. The highest BCUT2D eigenvalue weighted by molar-refractivity contribution is 5.84. The Bertz CT molecular complexity index is 463. The summed E-state index contributed by atoms with van der Waals surface area (Å²) >= 11 is 0. The molecule has 0 aliphatic rings. The number of aromatic nitrogens is 2. The maximum Gasteiger partial charge on any atom is 0.328 e. The zero-order valence-corrected chi connectivity index (χ0v) is 11.5. The highest BCUT2D eigenvalue weighted by Crippen LogP contribution is 2.03. The van der Waals surface area contributed by atoms with Gasteiger partial charge in [-0.1, -0.05) is 0 Å². The van der Waals surface area contributed by atoms with Crippen molar-refractivity contribution in [1.82, 2.24) is 15.3 Å². The molecular formula is C14H19N3O3. The van der Waals surface area contributed by atoms with Crippen LogP contribution >= 0.6 is 0 Å². The molecule has 2 N–H and O–H groups in total. The maximum atomic E-state index is 11.8. The van der Waals surface area contributed by atoms with Gasteiger partial charge in [-0.25, -0.2) is 9.78 Å². The van der Waals surface area contributed by atoms with E-state index in [2.05, 4.69) is 21.2 Å². The molecule has 1 heterocycles. The van der Waals surface area contributed by atoms with Crippen LogP contribution in [-0.4, -0.2) is 35.0 Å². The second kappa shape index (κ2) is 8.75. The molecule has 0 saturated heterocycles. The first-order valence-electron chi connectivity index (χ1n) is 6.45. The third-order valence-corrected chi connectivity index (χ3v) is 2.77. The quantitative estimate of drug-likeness (QED) is 0.418. The number of carbonyl (C=O) groups is 2. The zero-order chi connectivity index (χ0) is 14.8. The van der Waals surface area contributed by atoms with Gasteiger partial charge in [0.1, 0.15) is 6.04 Å². The maximum absolute atomic E-state index is 11.8. The van der Waals surface area contributed by atoms with E-state index in [1.807, 2.05) is 0 Å². The van der Waals surface area contributed by atoms with E-state index in [1.165, 1.54) is 13.4 Å². The van der Waals surface area contributed by atoms with Crippen molar-refractivity contribution >= 4 is 11.9 Å². The number of esters is 1. The Hall–Kier alpha value is -2.29. The third kappa shape index (κ3) is 5.57. The fraction of sp³-hybridized carbons (Fsp3) is 0.500. The Morgan fingerprint density at radius 1 is 1.55 bits per heavy atom. The number of rotatable bonds is 8. The smallest absolute Gasteiger partial charge is 0.328 e. The van der Waals surface area contributed by atoms with Crippen LogP contribution in [-0.2, 0) is 20.7 Å². The van der Waals surface area contributed by atoms with Gasteiger partial charge in [0.15, 0.2) is 0 Å². The van der Waals surface area contributed by atoms with E-state index in [9.17, 15) is 9.59 Å². The minimum Gasteiger partial charge on any atom is -0.467 e. The minimum absolute atomic E-state index is 0.183. The lowest BCUT2D eigenvalue weighted by molar-refractivity contribution is -0.145. The summed E-state index contributed by atoms with van der Waals surface area (Å²) in [6.45, 7) is 0. The molecule has 0 spiro atoms. The number of nitrogens with one attached hydrogen (secondary N) is 2. The topological polar surface area (TPSA) is 84.1 Å². The van der Waals surface area contributed by atoms with Crippen LogP contribution in [0.3, 0.4) is 0 Å². The average molecular weight is 277 g/mol. The number of aromatic amines is 1. The molecule has 0 saturated carbocycles. The van der Waals surface area contributed by atoms with Gasteiger partial charge in [-0.05, 0) is 12.8 Å². The molecule has 0 unspecified atom stereocenters. The van der Waals surface area contributed by atoms with Crippen molar-refractivity contribution in [2.24, 2.45) is 0 Å². The van der Waals surface area contributed by atoms with Crippen molar-refractivity contribution in [3.63, 3.8) is 0 Å². The average Bonchev–Trinajstić information content (AvgIpc) is 2.95. The molecule has 0 aliphatic carbocycles. The number of methoxy groups -OCH3 is 1. The van der Waals surface area contributed by atoms with Crippen LogP contribution in [0.15, 0.2) is 12.5 Å². The first-order valence-corrected chi connectivity index (χ1v) is 6.45. The first kappa shape index (κ1) is 15.8. The van der Waals surface area contributed by atoms with Gasteiger partial charge < -0.3 is 15.0 Å². The molecule has 108 valence electrons. The SMILES string of the molecule is C#CCCCCC(=O)N[C@@H](Cc1cnc[nH]1)C(=O)OC. The number of nitrogens with zero attached hydrogens (tertiary/aromatic N) is 1. The summed E-state index contributed by atoms with van der Waals surface area (Å²) in [4.78, 5) is 30.2. The summed E-state index contributed by atoms with van der Waals surface area (Å²) < 4.78 is 4.69. The molecule has 1 amide bonds. The lowest BCUT2D eigenvalue weighted by Gasteiger charge is -2.15. The minimum atomic E-state index is -0.708. The van der Waals surface area contributed by atoms with Crippen LogP contribution in [0.4, 0.5) is 0 Å². The van der Waals surface area contributed by atoms with Crippen LogP contribution in [0.2, 0.25) is 0 Å². The number of ether oxygens (including phenoxy) is 1. The van der Waals surface area contributed by atoms with Crippen molar-refractivity contribution in [3.8, 4) is 12.3 Å². The number of hydrogen-bond acceptors (Lipinski definition) is 4. The van der Waals surface area contributed by atoms with Crippen molar-refractivity contribution in [2.45, 2.75) is 38.1 Å². The van der Waals surface area contributed by atoms with Crippen LogP contribution in [0.25, 0.3) is 0 Å². The van der Waals surface area contributed by atoms with Crippen molar-refractivity contribution in [2.75, 3.05) is 7.11 Å². The summed E-state index contributed by atoms with van der Waals surface area (Å²) in [6.07, 6.45) is 11.1. The fourth-order valence-corrected chi connectivity index (χ4v) is 1.73. The Balaban J connectivity index is 2.46. The van der Waals surface area contributed by atoms with E-state index < -0.39 is 12.0 Å². The van der Waals surface area contributed by atoms with Gasteiger partial charge >= 0.3 is 5.97 Å². The normalized spacial score (nSPS) is 11.4. The molecule has 6 nitrogen and oxygen atoms in total. The van der Waals surface area contributed by atoms with Gasteiger partial charge in [0.25, 0.3) is 0 Å². The number of H-pyrrole nitrogens is 1. The molecule has 0 bridgehead atoms. The van der Waals surface area contributed by atoms with E-state index in [4.69, 9.17) is 11.2 Å². The predicted octanol–water partition coefficient (Wildman–Crippen LogP) is 0.804. The van der Waals surface area contributed by atoms with Crippen LogP contribution in [0, 0.1) is 12.3 Å². The summed E-state index contributed by atoms with van der Waals surface area (Å²) in [5.41, 5.74) is 0.757. The Labute approximate surface area is 118 Å². The summed E-state index contributed by atoms with van der Waals surface area (Å²) in [6, 6.07) is -0.708. The van der Waals surface area contributed by atoms with E-state index in [0.717, 1.165) is 12.1 Å². The zero-order valence-electron chi connectivity index (χ0n) is 11.5. The molecule has 20 heavy (non-hydrogen) atoms. The van der Waals surface area contributed by atoms with Crippen molar-refractivity contribution in [3.05, 3.63) is 18.2 Å². The summed E-state index contributed by atoms with van der Waals surface area (Å²) in [5, 5.41) is 2.67. The van der Waals surface area contributed by atoms with Gasteiger partial charge in [-0.2, -0.15) is 0 Å². The second-order valence-electron chi connectivity index (χ2n) is 4.34. The second-order valence-corrected chi connectivity index (χ2v) is 4.34. The Kier molecular flexibility index (Phi) is 6.90. The van der Waals surface area contributed by atoms with Crippen molar-refractivity contribution < 1.29 is 14.3 Å². The summed E-state index contributed by atoms with van der Waals surface area (Å²) in [5.74, 6) is 1.86. The number of imidazole rings is 1. The lowest BCUT2D eigenvalue weighted by Crippen LogP contribution is -2.43. The molecule has 0 fully saturated rings. The molecule has 1 aromatic rings. The monoisotopic (exact) mass is 277 g/mol. The molecule has 0 aromatic carbocycles. The predicted molar refractivity (Wildman–Crippen MR) is 73.5 cm³/mol. The van der Waals surface area contributed by atoms with Crippen LogP contribution in [0.1, 0.15) is 31.4 Å². The van der Waals surface area contributed by atoms with Crippen molar-refractivity contribution in [1.29, 1.82) is 0 Å². The lowest BCUT2D eigenvalue weighted by atomic mass is 10.1. The molecule has 1 rings (SSSR count). The number of unbranched alkanes of at least 4 members (excludes halogenated alkanes) is 2. The number of amides is 1. The van der Waals surface area contributed by atoms with Gasteiger partial charge in [0.05, 0.1) is 13.4 Å². The van der Waals surface area contributed by atoms with Gasteiger partial charge in [0, 0.05) is 31.2 Å². The Morgan fingerprint density at radius 3 is 2.95 bits per heavy atom. The van der Waals surface area contributed by atoms with Crippen LogP contribution in [0.5, 0.6) is 0 Å². The van der Waals surface area contributed by atoms with E-state index >= 15 is 0 Å². The highest BCUT2D eigenvalue weighted by atomic mass is 16.5. The number of carbonyl (C=O) groups excluding carboxylic acids is 2. The van der Waals surface area contributed by atoms with Gasteiger partial charge in [-0.15, -0.1) is 12.3 Å². The molecule has 0 aliphatic heterocycles. The van der Waals surface area contributed by atoms with E-state index in [-0.39, 0.29) is 5.91 Å². The molecule has 6 heteroatoms. The number of terminal acetylenes is 1. The fourth-order valence-electron chi connectivity index (χ4n) is 1.73. The first-order chi connectivity index (χ1) is 9.67. The van der Waals surface area contributed by atoms with Gasteiger partial charge in [0.2, 0.25) is 5.91 Å². The standard InChI is InChI=1S/C14H19N3O3/c1-3-4-5-6-7-13(18)17-12(14(19)20-2)8-11-9-15-10-16-11/h1,9-10,12H,4-8H2,2H3,(H,15,16)(H,17,18)/t12-/m0/s1. The molecule has 0 radical (unpaired) electrons. The van der Waals surface area contributed by atoms with E-state index in [0.29, 0.717) is 25.7 Å². The Morgan fingerprint density at radius 2 is 2.35 bits per heavy atom. The van der Waals surface area contributed by atoms with Gasteiger partial charge in [-0.3, -0.25) is 4.79 Å². The largest absolute Gasteiger partial charge is 0.467 e. The van der Waals surface area contributed by atoms with Crippen LogP contribution < -0.4 is 5.32 Å². The number of hydrogen-bond donors (Lipinski definition) is 2. The van der Waals surface area contributed by atoms with E-state index in [1.54, 1.807) is 6.20 Å².